The summed E-state index contributed by atoms with van der Waals surface area (Å²) in [5.41, 5.74) is 0.609. The van der Waals surface area contributed by atoms with Gasteiger partial charge in [-0.05, 0) is 75.6 Å². The number of anilines is 1. The van der Waals surface area contributed by atoms with E-state index in [0.29, 0.717) is 28.7 Å². The van der Waals surface area contributed by atoms with Crippen LogP contribution in [0.3, 0.4) is 0 Å². The van der Waals surface area contributed by atoms with Crippen LogP contribution in [0.1, 0.15) is 29.6 Å². The fourth-order valence-electron chi connectivity index (χ4n) is 3.39. The predicted molar refractivity (Wildman–Crippen MR) is 116 cm³/mol. The number of nitrogens with one attached hydrogen (secondary N) is 2. The summed E-state index contributed by atoms with van der Waals surface area (Å²) in [6.07, 6.45) is 3.23. The summed E-state index contributed by atoms with van der Waals surface area (Å²) < 4.78 is 27.8. The third-order valence-corrected chi connectivity index (χ3v) is 6.89. The molecule has 1 amide bonds. The first-order valence-electron chi connectivity index (χ1n) is 9.69. The highest BCUT2D eigenvalue weighted by molar-refractivity contribution is 7.92. The molecule has 8 heteroatoms. The van der Waals surface area contributed by atoms with Crippen molar-refractivity contribution in [3.8, 4) is 0 Å². The molecule has 1 aliphatic heterocycles. The Balaban J connectivity index is 1.61. The average Bonchev–Trinajstić information content (AvgIpc) is 2.71. The Morgan fingerprint density at radius 3 is 2.59 bits per heavy atom. The van der Waals surface area contributed by atoms with E-state index in [0.717, 1.165) is 32.4 Å². The molecule has 0 atom stereocenters. The Hall–Kier alpha value is -2.09. The van der Waals surface area contributed by atoms with Crippen molar-refractivity contribution < 1.29 is 13.2 Å². The number of hydrogen-bond donors (Lipinski definition) is 2. The molecular formula is C21H26ClN3O3S. The molecule has 0 unspecified atom stereocenters. The number of hydrogen-bond acceptors (Lipinski definition) is 4. The molecule has 1 saturated heterocycles. The van der Waals surface area contributed by atoms with Crippen LogP contribution in [-0.4, -0.2) is 45.9 Å². The van der Waals surface area contributed by atoms with Crippen molar-refractivity contribution in [3.63, 3.8) is 0 Å². The van der Waals surface area contributed by atoms with Crippen molar-refractivity contribution in [2.24, 2.45) is 5.92 Å². The second-order valence-corrected chi connectivity index (χ2v) is 9.49. The maximum atomic E-state index is 12.7. The highest BCUT2D eigenvalue weighted by atomic mass is 35.5. The summed E-state index contributed by atoms with van der Waals surface area (Å²) in [6, 6.07) is 12.6. The molecule has 1 aliphatic rings. The fraction of sp³-hybridized carbons (Fsp3) is 0.381. The number of benzene rings is 2. The Morgan fingerprint density at radius 1 is 1.14 bits per heavy atom. The van der Waals surface area contributed by atoms with Gasteiger partial charge in [-0.1, -0.05) is 29.8 Å². The Labute approximate surface area is 177 Å². The number of para-hydroxylation sites is 1. The smallest absolute Gasteiger partial charge is 0.261 e. The lowest BCUT2D eigenvalue weighted by Gasteiger charge is -2.28. The Morgan fingerprint density at radius 2 is 1.86 bits per heavy atom. The minimum atomic E-state index is -3.85. The molecule has 29 heavy (non-hydrogen) atoms. The molecule has 6 nitrogen and oxygen atoms in total. The topological polar surface area (TPSA) is 78.5 Å². The van der Waals surface area contributed by atoms with Gasteiger partial charge in [-0.3, -0.25) is 9.52 Å². The molecule has 0 aromatic heterocycles. The number of amides is 1. The van der Waals surface area contributed by atoms with E-state index in [4.69, 9.17) is 11.6 Å². The van der Waals surface area contributed by atoms with Crippen LogP contribution in [0, 0.1) is 5.92 Å². The second kappa shape index (κ2) is 9.61. The summed E-state index contributed by atoms with van der Waals surface area (Å²) >= 11 is 6.03. The van der Waals surface area contributed by atoms with Gasteiger partial charge in [0.2, 0.25) is 0 Å². The van der Waals surface area contributed by atoms with Gasteiger partial charge in [-0.15, -0.1) is 0 Å². The van der Waals surface area contributed by atoms with Gasteiger partial charge in [0.25, 0.3) is 15.9 Å². The van der Waals surface area contributed by atoms with Crippen LogP contribution < -0.4 is 10.0 Å². The van der Waals surface area contributed by atoms with Gasteiger partial charge in [0.05, 0.1) is 15.6 Å². The Bertz CT molecular complexity index is 957. The summed E-state index contributed by atoms with van der Waals surface area (Å²) in [6.45, 7) is 2.77. The van der Waals surface area contributed by atoms with Crippen molar-refractivity contribution in [2.45, 2.75) is 24.2 Å². The monoisotopic (exact) mass is 435 g/mol. The van der Waals surface area contributed by atoms with Crippen LogP contribution in [0.25, 0.3) is 0 Å². The van der Waals surface area contributed by atoms with Gasteiger partial charge in [0.1, 0.15) is 0 Å². The normalized spacial score (nSPS) is 15.8. The molecule has 2 N–H and O–H groups in total. The maximum absolute atomic E-state index is 12.7. The van der Waals surface area contributed by atoms with Crippen molar-refractivity contribution in [2.75, 3.05) is 31.4 Å². The minimum absolute atomic E-state index is 0.0142. The molecule has 2 aromatic carbocycles. The number of piperidine rings is 1. The SMILES string of the molecule is CN1CCC(CCNC(=O)c2cccc(S(=O)(=O)Nc3ccccc3Cl)c2)CC1. The van der Waals surface area contributed by atoms with Crippen LogP contribution >= 0.6 is 11.6 Å². The van der Waals surface area contributed by atoms with Crippen molar-refractivity contribution in [1.82, 2.24) is 10.2 Å². The molecule has 0 bridgehead atoms. The van der Waals surface area contributed by atoms with Crippen LogP contribution in [-0.2, 0) is 10.0 Å². The van der Waals surface area contributed by atoms with E-state index in [1.807, 2.05) is 0 Å². The van der Waals surface area contributed by atoms with Crippen molar-refractivity contribution in [1.29, 1.82) is 0 Å². The first kappa shape index (κ1) is 21.6. The largest absolute Gasteiger partial charge is 0.352 e. The molecule has 156 valence electrons. The van der Waals surface area contributed by atoms with Crippen molar-refractivity contribution in [3.05, 3.63) is 59.1 Å². The highest BCUT2D eigenvalue weighted by Crippen LogP contribution is 2.24. The van der Waals surface area contributed by atoms with Gasteiger partial charge < -0.3 is 10.2 Å². The minimum Gasteiger partial charge on any atom is -0.352 e. The third-order valence-electron chi connectivity index (χ3n) is 5.20. The van der Waals surface area contributed by atoms with E-state index in [2.05, 4.69) is 22.0 Å². The van der Waals surface area contributed by atoms with E-state index in [1.165, 1.54) is 12.1 Å². The number of nitrogens with zero attached hydrogens (tertiary/aromatic N) is 1. The van der Waals surface area contributed by atoms with Crippen LogP contribution in [0.4, 0.5) is 5.69 Å². The van der Waals surface area contributed by atoms with E-state index >= 15 is 0 Å². The molecule has 1 heterocycles. The fourth-order valence-corrected chi connectivity index (χ4v) is 4.76. The molecule has 1 fully saturated rings. The van der Waals surface area contributed by atoms with Gasteiger partial charge >= 0.3 is 0 Å². The van der Waals surface area contributed by atoms with E-state index < -0.39 is 10.0 Å². The summed E-state index contributed by atoms with van der Waals surface area (Å²) in [5.74, 6) is 0.353. The Kier molecular flexibility index (Phi) is 7.16. The molecule has 2 aromatic rings. The van der Waals surface area contributed by atoms with Crippen LogP contribution in [0.15, 0.2) is 53.4 Å². The number of carbonyl (C=O) groups excluding carboxylic acids is 1. The lowest BCUT2D eigenvalue weighted by molar-refractivity contribution is 0.0948. The highest BCUT2D eigenvalue weighted by Gasteiger charge is 2.19. The lowest BCUT2D eigenvalue weighted by Crippen LogP contribution is -2.32. The number of rotatable bonds is 7. The van der Waals surface area contributed by atoms with E-state index in [1.54, 1.807) is 36.4 Å². The molecule has 3 rings (SSSR count). The molecular weight excluding hydrogens is 410 g/mol. The summed E-state index contributed by atoms with van der Waals surface area (Å²) in [4.78, 5) is 14.8. The molecule has 0 radical (unpaired) electrons. The lowest BCUT2D eigenvalue weighted by atomic mass is 9.94. The van der Waals surface area contributed by atoms with Crippen LogP contribution in [0.2, 0.25) is 5.02 Å². The number of halogens is 1. The van der Waals surface area contributed by atoms with E-state index in [9.17, 15) is 13.2 Å². The number of sulfonamides is 1. The number of likely N-dealkylation sites (tertiary alicyclic amines) is 1. The first-order chi connectivity index (χ1) is 13.8. The first-order valence-corrected chi connectivity index (χ1v) is 11.6. The maximum Gasteiger partial charge on any atom is 0.261 e. The zero-order valence-corrected chi connectivity index (χ0v) is 18.0. The van der Waals surface area contributed by atoms with Gasteiger partial charge in [0.15, 0.2) is 0 Å². The second-order valence-electron chi connectivity index (χ2n) is 7.40. The van der Waals surface area contributed by atoms with Gasteiger partial charge in [-0.25, -0.2) is 8.42 Å². The average molecular weight is 436 g/mol. The molecule has 0 aliphatic carbocycles. The zero-order valence-electron chi connectivity index (χ0n) is 16.4. The third kappa shape index (κ3) is 5.95. The quantitative estimate of drug-likeness (QED) is 0.696. The predicted octanol–water partition coefficient (Wildman–Crippen LogP) is 3.60. The van der Waals surface area contributed by atoms with Crippen molar-refractivity contribution >= 4 is 33.2 Å². The van der Waals surface area contributed by atoms with Crippen LogP contribution in [0.5, 0.6) is 0 Å². The zero-order chi connectivity index (χ0) is 20.9. The van der Waals surface area contributed by atoms with Gasteiger partial charge in [-0.2, -0.15) is 0 Å². The standard InChI is InChI=1S/C21H26ClN3O3S/c1-25-13-10-16(11-14-25)9-12-23-21(26)17-5-4-6-18(15-17)29(27,28)24-20-8-3-2-7-19(20)22/h2-8,15-16,24H,9-14H2,1H3,(H,23,26). The summed E-state index contributed by atoms with van der Waals surface area (Å²) in [5, 5.41) is 3.21. The van der Waals surface area contributed by atoms with E-state index in [-0.39, 0.29) is 10.8 Å². The summed E-state index contributed by atoms with van der Waals surface area (Å²) in [7, 11) is -1.73. The molecule has 0 spiro atoms. The molecule has 0 saturated carbocycles. The number of carbonyl (C=O) groups is 1. The van der Waals surface area contributed by atoms with Gasteiger partial charge in [0, 0.05) is 12.1 Å².